The first-order valence-electron chi connectivity index (χ1n) is 7.92. The lowest BCUT2D eigenvalue weighted by Crippen LogP contribution is -2.34. The molecule has 1 heterocycles. The van der Waals surface area contributed by atoms with Gasteiger partial charge in [-0.1, -0.05) is 6.07 Å². The Balaban J connectivity index is 1.96. The first kappa shape index (κ1) is 16.1. The maximum atomic E-state index is 8.90. The quantitative estimate of drug-likeness (QED) is 0.839. The molecule has 1 aromatic rings. The Morgan fingerprint density at radius 3 is 2.62 bits per heavy atom. The Morgan fingerprint density at radius 2 is 2.00 bits per heavy atom. The number of nitrogens with zero attached hydrogens (tertiary/aromatic N) is 1. The number of benzene rings is 1. The van der Waals surface area contributed by atoms with Gasteiger partial charge < -0.3 is 19.5 Å². The van der Waals surface area contributed by atoms with Crippen molar-refractivity contribution in [1.29, 1.82) is 0 Å². The lowest BCUT2D eigenvalue weighted by Gasteiger charge is -2.32. The smallest absolute Gasteiger partial charge is 0.161 e. The van der Waals surface area contributed by atoms with Crippen molar-refractivity contribution in [3.63, 3.8) is 0 Å². The Kier molecular flexibility index (Phi) is 6.33. The van der Waals surface area contributed by atoms with Crippen molar-refractivity contribution in [2.75, 3.05) is 40.0 Å². The molecule has 4 heteroatoms. The maximum Gasteiger partial charge on any atom is 0.161 e. The summed E-state index contributed by atoms with van der Waals surface area (Å²) in [6, 6.07) is 6.32. The standard InChI is InChI=1S/C17H27NO3/c1-3-21-16-6-5-15(13-17(16)20-2)14-7-10-18(11-8-14)9-4-12-19/h5-6,13-14,19H,3-4,7-12H2,1-2H3. The fraction of sp³-hybridized carbons (Fsp3) is 0.647. The van der Waals surface area contributed by atoms with Gasteiger partial charge in [0, 0.05) is 13.2 Å². The summed E-state index contributed by atoms with van der Waals surface area (Å²) in [6.45, 7) is 6.15. The highest BCUT2D eigenvalue weighted by Gasteiger charge is 2.21. The SMILES string of the molecule is CCOc1ccc(C2CCN(CCCO)CC2)cc1OC. The van der Waals surface area contributed by atoms with Gasteiger partial charge in [-0.15, -0.1) is 0 Å². The topological polar surface area (TPSA) is 41.9 Å². The van der Waals surface area contributed by atoms with Crippen LogP contribution in [0.25, 0.3) is 0 Å². The normalized spacial score (nSPS) is 16.9. The zero-order chi connectivity index (χ0) is 15.1. The average Bonchev–Trinajstić information content (AvgIpc) is 2.54. The molecule has 1 aromatic carbocycles. The monoisotopic (exact) mass is 293 g/mol. The highest BCUT2D eigenvalue weighted by molar-refractivity contribution is 5.44. The number of piperidine rings is 1. The van der Waals surface area contributed by atoms with E-state index in [2.05, 4.69) is 17.0 Å². The van der Waals surface area contributed by atoms with E-state index in [1.165, 1.54) is 18.4 Å². The van der Waals surface area contributed by atoms with Gasteiger partial charge >= 0.3 is 0 Å². The second-order valence-corrected chi connectivity index (χ2v) is 5.54. The van der Waals surface area contributed by atoms with E-state index in [9.17, 15) is 0 Å². The summed E-state index contributed by atoms with van der Waals surface area (Å²) in [7, 11) is 1.69. The number of hydrogen-bond acceptors (Lipinski definition) is 4. The summed E-state index contributed by atoms with van der Waals surface area (Å²) in [5.41, 5.74) is 1.34. The number of hydrogen-bond donors (Lipinski definition) is 1. The van der Waals surface area contributed by atoms with Crippen molar-refractivity contribution in [3.05, 3.63) is 23.8 Å². The molecule has 0 atom stereocenters. The fourth-order valence-corrected chi connectivity index (χ4v) is 3.00. The summed E-state index contributed by atoms with van der Waals surface area (Å²) in [5.74, 6) is 2.25. The van der Waals surface area contributed by atoms with Crippen LogP contribution in [0.2, 0.25) is 0 Å². The molecular weight excluding hydrogens is 266 g/mol. The van der Waals surface area contributed by atoms with Crippen LogP contribution in [-0.2, 0) is 0 Å². The second-order valence-electron chi connectivity index (χ2n) is 5.54. The second kappa shape index (κ2) is 8.25. The van der Waals surface area contributed by atoms with E-state index >= 15 is 0 Å². The number of methoxy groups -OCH3 is 1. The van der Waals surface area contributed by atoms with Crippen LogP contribution in [0.4, 0.5) is 0 Å². The Labute approximate surface area is 127 Å². The molecule has 2 rings (SSSR count). The molecule has 118 valence electrons. The summed E-state index contributed by atoms with van der Waals surface area (Å²) in [6.07, 6.45) is 3.21. The minimum Gasteiger partial charge on any atom is -0.493 e. The average molecular weight is 293 g/mol. The molecule has 0 radical (unpaired) electrons. The Hall–Kier alpha value is -1.26. The van der Waals surface area contributed by atoms with E-state index in [1.54, 1.807) is 7.11 Å². The molecule has 1 N–H and O–H groups in total. The summed E-state index contributed by atoms with van der Waals surface area (Å²) < 4.78 is 11.0. The van der Waals surface area contributed by atoms with Crippen molar-refractivity contribution >= 4 is 0 Å². The molecule has 0 aliphatic carbocycles. The largest absolute Gasteiger partial charge is 0.493 e. The van der Waals surface area contributed by atoms with Crippen molar-refractivity contribution in [3.8, 4) is 11.5 Å². The lowest BCUT2D eigenvalue weighted by atomic mass is 9.89. The molecule has 1 aliphatic rings. The minimum absolute atomic E-state index is 0.288. The van der Waals surface area contributed by atoms with E-state index in [-0.39, 0.29) is 6.61 Å². The fourth-order valence-electron chi connectivity index (χ4n) is 3.00. The predicted octanol–water partition coefficient (Wildman–Crippen LogP) is 2.66. The molecule has 1 fully saturated rings. The van der Waals surface area contributed by atoms with Gasteiger partial charge in [-0.25, -0.2) is 0 Å². The van der Waals surface area contributed by atoms with Crippen LogP contribution < -0.4 is 9.47 Å². The first-order chi connectivity index (χ1) is 10.3. The lowest BCUT2D eigenvalue weighted by molar-refractivity contribution is 0.187. The molecule has 1 aliphatic heterocycles. The van der Waals surface area contributed by atoms with Crippen LogP contribution >= 0.6 is 0 Å². The molecule has 0 unspecified atom stereocenters. The van der Waals surface area contributed by atoms with Gasteiger partial charge in [0.1, 0.15) is 0 Å². The van der Waals surface area contributed by atoms with E-state index < -0.39 is 0 Å². The van der Waals surface area contributed by atoms with Crippen LogP contribution in [0.3, 0.4) is 0 Å². The Bertz CT molecular complexity index is 428. The number of rotatable bonds is 7. The van der Waals surface area contributed by atoms with Gasteiger partial charge in [0.25, 0.3) is 0 Å². The molecule has 21 heavy (non-hydrogen) atoms. The number of aliphatic hydroxyl groups is 1. The molecule has 0 spiro atoms. The zero-order valence-electron chi connectivity index (χ0n) is 13.2. The third-order valence-corrected chi connectivity index (χ3v) is 4.18. The molecule has 0 amide bonds. The summed E-state index contributed by atoms with van der Waals surface area (Å²) >= 11 is 0. The first-order valence-corrected chi connectivity index (χ1v) is 7.92. The molecule has 0 saturated carbocycles. The summed E-state index contributed by atoms with van der Waals surface area (Å²) in [5, 5.41) is 8.90. The predicted molar refractivity (Wildman–Crippen MR) is 84.3 cm³/mol. The van der Waals surface area contributed by atoms with Crippen LogP contribution in [-0.4, -0.2) is 50.0 Å². The Morgan fingerprint density at radius 1 is 1.24 bits per heavy atom. The highest BCUT2D eigenvalue weighted by Crippen LogP contribution is 2.34. The van der Waals surface area contributed by atoms with Gasteiger partial charge in [-0.2, -0.15) is 0 Å². The minimum atomic E-state index is 0.288. The molecule has 0 bridgehead atoms. The molecular formula is C17H27NO3. The molecule has 0 aromatic heterocycles. The van der Waals surface area contributed by atoms with Gasteiger partial charge in [-0.05, 0) is 62.9 Å². The van der Waals surface area contributed by atoms with Gasteiger partial charge in [0.2, 0.25) is 0 Å². The van der Waals surface area contributed by atoms with Crippen LogP contribution in [0.5, 0.6) is 11.5 Å². The maximum absolute atomic E-state index is 8.90. The van der Waals surface area contributed by atoms with Crippen molar-refractivity contribution < 1.29 is 14.6 Å². The van der Waals surface area contributed by atoms with Gasteiger partial charge in [0.15, 0.2) is 11.5 Å². The number of likely N-dealkylation sites (tertiary alicyclic amines) is 1. The number of aliphatic hydroxyl groups excluding tert-OH is 1. The third kappa shape index (κ3) is 4.35. The third-order valence-electron chi connectivity index (χ3n) is 4.18. The molecule has 1 saturated heterocycles. The number of ether oxygens (including phenoxy) is 2. The van der Waals surface area contributed by atoms with E-state index in [0.29, 0.717) is 12.5 Å². The van der Waals surface area contributed by atoms with Crippen molar-refractivity contribution in [1.82, 2.24) is 4.90 Å². The zero-order valence-corrected chi connectivity index (χ0v) is 13.2. The van der Waals surface area contributed by atoms with E-state index in [0.717, 1.165) is 37.6 Å². The van der Waals surface area contributed by atoms with Crippen LogP contribution in [0.15, 0.2) is 18.2 Å². The van der Waals surface area contributed by atoms with Crippen molar-refractivity contribution in [2.24, 2.45) is 0 Å². The van der Waals surface area contributed by atoms with Gasteiger partial charge in [0.05, 0.1) is 13.7 Å². The van der Waals surface area contributed by atoms with E-state index in [1.807, 2.05) is 13.0 Å². The highest BCUT2D eigenvalue weighted by atomic mass is 16.5. The van der Waals surface area contributed by atoms with Crippen LogP contribution in [0, 0.1) is 0 Å². The van der Waals surface area contributed by atoms with Crippen LogP contribution in [0.1, 0.15) is 37.7 Å². The summed E-state index contributed by atoms with van der Waals surface area (Å²) in [4.78, 5) is 2.44. The molecule has 4 nitrogen and oxygen atoms in total. The van der Waals surface area contributed by atoms with Gasteiger partial charge in [-0.3, -0.25) is 0 Å². The van der Waals surface area contributed by atoms with E-state index in [4.69, 9.17) is 14.6 Å². The van der Waals surface area contributed by atoms with Crippen molar-refractivity contribution in [2.45, 2.75) is 32.1 Å².